The second-order valence-electron chi connectivity index (χ2n) is 10.7. The van der Waals surface area contributed by atoms with Crippen molar-refractivity contribution in [1.82, 2.24) is 25.0 Å². The molecule has 1 saturated heterocycles. The van der Waals surface area contributed by atoms with Crippen LogP contribution in [0, 0.1) is 5.92 Å². The molecule has 3 atom stereocenters. The third-order valence-electron chi connectivity index (χ3n) is 7.39. The van der Waals surface area contributed by atoms with Crippen LogP contribution in [0.2, 0.25) is 0 Å². The maximum absolute atomic E-state index is 13.6. The lowest BCUT2D eigenvalue weighted by molar-refractivity contribution is -0.135. The van der Waals surface area contributed by atoms with Gasteiger partial charge in [0.2, 0.25) is 5.91 Å². The Kier molecular flexibility index (Phi) is 11.7. The number of urea groups is 1. The molecule has 0 radical (unpaired) electrons. The predicted molar refractivity (Wildman–Crippen MR) is 158 cm³/mol. The summed E-state index contributed by atoms with van der Waals surface area (Å²) >= 11 is 0. The first-order valence-electron chi connectivity index (χ1n) is 13.6. The molecule has 1 aliphatic carbocycles. The fraction of sp³-hybridized carbons (Fsp3) is 0.538. The summed E-state index contributed by atoms with van der Waals surface area (Å²) in [5, 5.41) is 4.25. The van der Waals surface area contributed by atoms with Gasteiger partial charge in [0.1, 0.15) is 0 Å². The number of aromatic nitrogens is 1. The van der Waals surface area contributed by atoms with Crippen molar-refractivity contribution in [3.05, 3.63) is 48.2 Å². The molecule has 2 aliphatic rings. The molecule has 0 bridgehead atoms. The van der Waals surface area contributed by atoms with Gasteiger partial charge in [-0.3, -0.25) is 14.6 Å². The van der Waals surface area contributed by atoms with E-state index in [1.54, 1.807) is 0 Å². The van der Waals surface area contributed by atoms with Crippen LogP contribution in [0.25, 0.3) is 10.9 Å². The molecule has 2 heterocycles. The number of nitrogens with one attached hydrogen (secondary N) is 2. The van der Waals surface area contributed by atoms with Gasteiger partial charge in [0.25, 0.3) is 0 Å². The summed E-state index contributed by atoms with van der Waals surface area (Å²) in [6.45, 7) is 9.07. The van der Waals surface area contributed by atoms with E-state index in [1.807, 2.05) is 27.1 Å². The molecule has 42 heavy (non-hydrogen) atoms. The molecule has 3 amide bonds. The van der Waals surface area contributed by atoms with Crippen LogP contribution in [0.5, 0.6) is 0 Å². The third kappa shape index (κ3) is 9.06. The molecule has 0 saturated carbocycles. The van der Waals surface area contributed by atoms with Gasteiger partial charge in [-0.15, -0.1) is 6.58 Å². The minimum atomic E-state index is -5.05. The largest absolute Gasteiger partial charge is 0.478 e. The molecule has 1 aromatic carbocycles. The van der Waals surface area contributed by atoms with Crippen LogP contribution in [0.15, 0.2) is 37.1 Å². The van der Waals surface area contributed by atoms with Crippen LogP contribution < -0.4 is 5.32 Å². The predicted octanol–water partition coefficient (Wildman–Crippen LogP) is 2.38. The Balaban J connectivity index is 0.000000467. The Morgan fingerprint density at radius 2 is 1.90 bits per heavy atom. The van der Waals surface area contributed by atoms with Crippen molar-refractivity contribution in [2.45, 2.75) is 38.1 Å². The summed E-state index contributed by atoms with van der Waals surface area (Å²) < 4.78 is 22.2. The molecule has 6 N–H and O–H groups in total. The van der Waals surface area contributed by atoms with E-state index in [0.717, 1.165) is 37.9 Å². The fourth-order valence-corrected chi connectivity index (χ4v) is 6.91. The van der Waals surface area contributed by atoms with E-state index in [0.29, 0.717) is 25.7 Å². The quantitative estimate of drug-likeness (QED) is 0.128. The van der Waals surface area contributed by atoms with E-state index < -0.39 is 15.6 Å². The van der Waals surface area contributed by atoms with E-state index >= 15 is 0 Å². The standard InChI is InChI=1S/C26H37N5O2.H4O7P2/c1-5-12-30-17-19(25(32)31(6-2)26(33)27-11-8-13-29(3)4)14-21-20-9-7-10-22-24(20)18(16-28-22)15-23(21)30;1-8(2,3)7-9(4,5)6/h5,7,9-10,16,19,21,23,28H,1,6,8,11-15,17H2,2-4H3,(H,27,33);(H2,1,2,3)(H2,4,5,6)/t19-,21?,23-;/m1./s1. The zero-order valence-corrected chi connectivity index (χ0v) is 25.8. The molecule has 4 rings (SSSR count). The highest BCUT2D eigenvalue weighted by atomic mass is 31.3. The second-order valence-corrected chi connectivity index (χ2v) is 13.3. The number of aromatic amines is 1. The number of rotatable bonds is 10. The molecule has 0 spiro atoms. The molecule has 234 valence electrons. The lowest BCUT2D eigenvalue weighted by Gasteiger charge is -2.47. The molecule has 16 heteroatoms. The van der Waals surface area contributed by atoms with E-state index in [2.05, 4.69) is 55.4 Å². The number of hydrogen-bond acceptors (Lipinski definition) is 7. The number of likely N-dealkylation sites (tertiary alicyclic amines) is 1. The number of fused-ring (bicyclic) bond motifs is 2. The van der Waals surface area contributed by atoms with Crippen LogP contribution in [-0.2, 0) is 24.7 Å². The van der Waals surface area contributed by atoms with Gasteiger partial charge >= 0.3 is 21.7 Å². The van der Waals surface area contributed by atoms with E-state index in [9.17, 15) is 18.7 Å². The monoisotopic (exact) mass is 629 g/mol. The zero-order valence-electron chi connectivity index (χ0n) is 24.0. The lowest BCUT2D eigenvalue weighted by Crippen LogP contribution is -2.55. The van der Waals surface area contributed by atoms with Gasteiger partial charge in [-0.25, -0.2) is 13.9 Å². The first-order chi connectivity index (χ1) is 19.6. The summed E-state index contributed by atoms with van der Waals surface area (Å²) in [5.74, 6) is -0.0157. The van der Waals surface area contributed by atoms with E-state index in [1.165, 1.54) is 21.4 Å². The highest BCUT2D eigenvalue weighted by Gasteiger charge is 2.43. The number of imide groups is 1. The number of hydrogen-bond donors (Lipinski definition) is 6. The third-order valence-corrected chi connectivity index (χ3v) is 9.09. The highest BCUT2D eigenvalue weighted by Crippen LogP contribution is 2.53. The Morgan fingerprint density at radius 1 is 1.21 bits per heavy atom. The summed E-state index contributed by atoms with van der Waals surface area (Å²) in [5.41, 5.74) is 3.84. The van der Waals surface area contributed by atoms with Gasteiger partial charge in [0.15, 0.2) is 0 Å². The molecular formula is C26H41N5O9P2. The molecule has 14 nitrogen and oxygen atoms in total. The number of benzene rings is 1. The average Bonchev–Trinajstić information content (AvgIpc) is 3.30. The second kappa shape index (κ2) is 14.4. The SMILES string of the molecule is C=CCN1C[C@H](C(=O)N(CC)C(=O)NCCCN(C)C)CC2c3cccc4[nH]cc(c34)C[C@H]21.O=P(O)(O)OP(=O)(O)O. The van der Waals surface area contributed by atoms with Gasteiger partial charge < -0.3 is 34.8 Å². The molecular weight excluding hydrogens is 588 g/mol. The van der Waals surface area contributed by atoms with Crippen molar-refractivity contribution in [3.8, 4) is 0 Å². The van der Waals surface area contributed by atoms with E-state index in [4.69, 9.17) is 19.6 Å². The van der Waals surface area contributed by atoms with E-state index in [-0.39, 0.29) is 23.8 Å². The minimum absolute atomic E-state index is 0.0674. The van der Waals surface area contributed by atoms with Crippen molar-refractivity contribution in [2.24, 2.45) is 5.92 Å². The van der Waals surface area contributed by atoms with Crippen molar-refractivity contribution in [1.29, 1.82) is 0 Å². The maximum Gasteiger partial charge on any atom is 0.478 e. The number of nitrogens with zero attached hydrogens (tertiary/aromatic N) is 3. The number of carbonyl (C=O) groups is 2. The van der Waals surface area contributed by atoms with Crippen molar-refractivity contribution < 1.29 is 42.6 Å². The van der Waals surface area contributed by atoms with Crippen molar-refractivity contribution in [3.63, 3.8) is 0 Å². The van der Waals surface area contributed by atoms with Gasteiger partial charge in [0, 0.05) is 55.2 Å². The first kappa shape index (κ1) is 34.1. The number of phosphoric acid groups is 2. The molecule has 1 fully saturated rings. The molecule has 1 aliphatic heterocycles. The Bertz CT molecular complexity index is 1330. The number of amides is 3. The minimum Gasteiger partial charge on any atom is -0.361 e. The average molecular weight is 630 g/mol. The Hall–Kier alpha value is -2.38. The van der Waals surface area contributed by atoms with Gasteiger partial charge in [-0.1, -0.05) is 18.2 Å². The summed E-state index contributed by atoms with van der Waals surface area (Å²) in [6.07, 6.45) is 6.65. The molecule has 1 aromatic heterocycles. The zero-order chi connectivity index (χ0) is 31.2. The number of carbonyl (C=O) groups excluding carboxylic acids is 2. The summed E-state index contributed by atoms with van der Waals surface area (Å²) in [4.78, 5) is 66.7. The summed E-state index contributed by atoms with van der Waals surface area (Å²) in [6, 6.07) is 6.50. The Labute approximate surface area is 245 Å². The van der Waals surface area contributed by atoms with Crippen LogP contribution >= 0.6 is 15.6 Å². The first-order valence-corrected chi connectivity index (χ1v) is 16.7. The summed E-state index contributed by atoms with van der Waals surface area (Å²) in [7, 11) is -6.08. The topological polar surface area (TPSA) is 196 Å². The van der Waals surface area contributed by atoms with Crippen LogP contribution in [0.4, 0.5) is 4.79 Å². The van der Waals surface area contributed by atoms with Crippen LogP contribution in [-0.4, -0.2) is 104 Å². The Morgan fingerprint density at radius 3 is 2.48 bits per heavy atom. The van der Waals surface area contributed by atoms with Crippen LogP contribution in [0.1, 0.15) is 36.8 Å². The smallest absolute Gasteiger partial charge is 0.361 e. The van der Waals surface area contributed by atoms with Crippen LogP contribution in [0.3, 0.4) is 0 Å². The van der Waals surface area contributed by atoms with Crippen molar-refractivity contribution in [2.75, 3.05) is 46.8 Å². The maximum atomic E-state index is 13.6. The van der Waals surface area contributed by atoms with Gasteiger partial charge in [-0.2, -0.15) is 4.31 Å². The number of piperidine rings is 1. The normalized spacial score (nSPS) is 20.4. The lowest BCUT2D eigenvalue weighted by atomic mass is 9.72. The molecule has 2 aromatic rings. The fourth-order valence-electron chi connectivity index (χ4n) is 5.80. The number of H-pyrrole nitrogens is 1. The van der Waals surface area contributed by atoms with Crippen molar-refractivity contribution >= 4 is 38.5 Å². The highest BCUT2D eigenvalue weighted by molar-refractivity contribution is 7.60. The van der Waals surface area contributed by atoms with Gasteiger partial charge in [-0.05, 0) is 64.0 Å². The molecule has 1 unspecified atom stereocenters. The van der Waals surface area contributed by atoms with Gasteiger partial charge in [0.05, 0.1) is 5.92 Å².